The van der Waals surface area contributed by atoms with Crippen LogP contribution in [-0.2, 0) is 22.3 Å². The Morgan fingerprint density at radius 3 is 2.61 bits per heavy atom. The molecule has 1 saturated heterocycles. The number of hydrogen-bond acceptors (Lipinski definition) is 5. The molecule has 2 aliphatic rings. The van der Waals surface area contributed by atoms with Crippen LogP contribution in [0.3, 0.4) is 0 Å². The zero-order valence-electron chi connectivity index (χ0n) is 17.7. The summed E-state index contributed by atoms with van der Waals surface area (Å²) in [4.78, 5) is 20.2. The summed E-state index contributed by atoms with van der Waals surface area (Å²) in [5.41, 5.74) is -0.272. The van der Waals surface area contributed by atoms with Crippen LogP contribution in [0.1, 0.15) is 24.8 Å². The van der Waals surface area contributed by atoms with Crippen LogP contribution in [-0.4, -0.2) is 45.0 Å². The van der Waals surface area contributed by atoms with Gasteiger partial charge in [-0.3, -0.25) is 19.4 Å². The van der Waals surface area contributed by atoms with E-state index >= 15 is 0 Å². The van der Waals surface area contributed by atoms with Crippen molar-refractivity contribution in [1.82, 2.24) is 14.8 Å². The van der Waals surface area contributed by atoms with Gasteiger partial charge < -0.3 is 9.64 Å². The molecule has 1 amide bonds. The summed E-state index contributed by atoms with van der Waals surface area (Å²) in [5, 5.41) is 5.46. The number of fused-ring (bicyclic) bond motifs is 1. The van der Waals surface area contributed by atoms with Crippen LogP contribution < -0.4 is 9.80 Å². The van der Waals surface area contributed by atoms with E-state index in [0.717, 1.165) is 29.6 Å². The van der Waals surface area contributed by atoms with Gasteiger partial charge in [0.05, 0.1) is 42.3 Å². The molecule has 5 rings (SSSR count). The molecule has 3 aromatic rings. The first-order valence-electron chi connectivity index (χ1n) is 10.4. The summed E-state index contributed by atoms with van der Waals surface area (Å²) in [5.74, 6) is -0.326. The fourth-order valence-electron chi connectivity index (χ4n) is 4.47. The Balaban J connectivity index is 1.57. The highest BCUT2D eigenvalue weighted by Crippen LogP contribution is 2.48. The van der Waals surface area contributed by atoms with E-state index in [-0.39, 0.29) is 16.7 Å². The first kappa shape index (κ1) is 21.8. The summed E-state index contributed by atoms with van der Waals surface area (Å²) < 4.78 is 46.7. The van der Waals surface area contributed by atoms with Crippen LogP contribution >= 0.6 is 12.2 Å². The van der Waals surface area contributed by atoms with Gasteiger partial charge in [0.1, 0.15) is 5.54 Å². The van der Waals surface area contributed by atoms with E-state index < -0.39 is 17.3 Å². The summed E-state index contributed by atoms with van der Waals surface area (Å²) in [6.45, 7) is 1.04. The Labute approximate surface area is 192 Å². The van der Waals surface area contributed by atoms with E-state index in [1.165, 1.54) is 11.1 Å². The number of alkyl halides is 3. The molecule has 2 aromatic heterocycles. The van der Waals surface area contributed by atoms with Crippen LogP contribution in [0.25, 0.3) is 10.9 Å². The molecule has 1 saturated carbocycles. The summed E-state index contributed by atoms with van der Waals surface area (Å²) >= 11 is 5.67. The van der Waals surface area contributed by atoms with Crippen molar-refractivity contribution in [2.75, 3.05) is 23.5 Å². The standard InChI is InChI=1S/C22H20F3N5O2S/c1-32-8-7-28-18-10-16(4-3-14(18)11-27-28)30-20(33)29(19(31)21(30)5-2-6-21)17-9-15(12-26-13-17)22(23,24)25/h3-4,9-13H,2,5-8H2,1H3. The van der Waals surface area contributed by atoms with Crippen molar-refractivity contribution < 1.29 is 22.7 Å². The number of anilines is 2. The van der Waals surface area contributed by atoms with Crippen LogP contribution in [0, 0.1) is 0 Å². The second-order valence-corrected chi connectivity index (χ2v) is 8.54. The Morgan fingerprint density at radius 1 is 1.15 bits per heavy atom. The average Bonchev–Trinajstić information content (AvgIpc) is 3.26. The van der Waals surface area contributed by atoms with Gasteiger partial charge in [-0.2, -0.15) is 18.3 Å². The fourth-order valence-corrected chi connectivity index (χ4v) is 4.94. The zero-order chi connectivity index (χ0) is 23.4. The maximum absolute atomic E-state index is 13.5. The Morgan fingerprint density at radius 2 is 1.94 bits per heavy atom. The summed E-state index contributed by atoms with van der Waals surface area (Å²) in [6.07, 6.45) is 1.10. The van der Waals surface area contributed by atoms with E-state index in [2.05, 4.69) is 10.1 Å². The van der Waals surface area contributed by atoms with Gasteiger partial charge >= 0.3 is 6.18 Å². The first-order valence-corrected chi connectivity index (χ1v) is 10.8. The Hall–Kier alpha value is -3.05. The molecule has 1 spiro atoms. The number of rotatable bonds is 5. The minimum Gasteiger partial charge on any atom is -0.383 e. The minimum absolute atomic E-state index is 0.0137. The van der Waals surface area contributed by atoms with Gasteiger partial charge in [0.2, 0.25) is 0 Å². The van der Waals surface area contributed by atoms with Gasteiger partial charge in [-0.05, 0) is 55.7 Å². The van der Waals surface area contributed by atoms with Crippen molar-refractivity contribution in [1.29, 1.82) is 0 Å². The molecule has 1 aromatic carbocycles. The van der Waals surface area contributed by atoms with E-state index in [1.807, 2.05) is 22.9 Å². The van der Waals surface area contributed by atoms with Gasteiger partial charge in [0, 0.05) is 24.4 Å². The van der Waals surface area contributed by atoms with Crippen LogP contribution in [0.4, 0.5) is 24.5 Å². The number of benzene rings is 1. The van der Waals surface area contributed by atoms with Gasteiger partial charge in [-0.15, -0.1) is 0 Å². The SMILES string of the molecule is COCCn1ncc2ccc(N3C(=S)N(c4cncc(C(F)(F)F)c4)C(=O)C34CCC4)cc21. The maximum Gasteiger partial charge on any atom is 0.417 e. The predicted octanol–water partition coefficient (Wildman–Crippen LogP) is 4.16. The quantitative estimate of drug-likeness (QED) is 0.517. The molecule has 1 aliphatic heterocycles. The maximum atomic E-state index is 13.5. The number of amides is 1. The monoisotopic (exact) mass is 475 g/mol. The second-order valence-electron chi connectivity index (χ2n) is 8.18. The highest BCUT2D eigenvalue weighted by molar-refractivity contribution is 7.81. The highest BCUT2D eigenvalue weighted by atomic mass is 32.1. The molecule has 11 heteroatoms. The van der Waals surface area contributed by atoms with Gasteiger partial charge in [0.15, 0.2) is 5.11 Å². The third kappa shape index (κ3) is 3.37. The number of ether oxygens (including phenoxy) is 1. The number of carbonyl (C=O) groups is 1. The molecule has 0 atom stereocenters. The van der Waals surface area contributed by atoms with Crippen LogP contribution in [0.2, 0.25) is 0 Å². The number of pyridine rings is 1. The summed E-state index contributed by atoms with van der Waals surface area (Å²) in [7, 11) is 1.61. The molecule has 172 valence electrons. The number of nitrogens with zero attached hydrogens (tertiary/aromatic N) is 5. The number of carbonyl (C=O) groups excluding carboxylic acids is 1. The minimum atomic E-state index is -4.58. The first-order chi connectivity index (χ1) is 15.8. The lowest BCUT2D eigenvalue weighted by atomic mass is 9.75. The normalized spacial score (nSPS) is 17.9. The number of hydrogen-bond donors (Lipinski definition) is 0. The number of halogens is 3. The molecule has 0 radical (unpaired) electrons. The van der Waals surface area contributed by atoms with E-state index in [4.69, 9.17) is 17.0 Å². The van der Waals surface area contributed by atoms with Crippen molar-refractivity contribution in [2.24, 2.45) is 0 Å². The van der Waals surface area contributed by atoms with Crippen molar-refractivity contribution in [3.8, 4) is 0 Å². The van der Waals surface area contributed by atoms with Crippen molar-refractivity contribution in [2.45, 2.75) is 37.5 Å². The largest absolute Gasteiger partial charge is 0.417 e. The van der Waals surface area contributed by atoms with Gasteiger partial charge in [-0.25, -0.2) is 0 Å². The molecule has 7 nitrogen and oxygen atoms in total. The number of aromatic nitrogens is 3. The molecule has 0 N–H and O–H groups in total. The lowest BCUT2D eigenvalue weighted by Gasteiger charge is -2.43. The van der Waals surface area contributed by atoms with E-state index in [1.54, 1.807) is 18.2 Å². The second kappa shape index (κ2) is 7.77. The topological polar surface area (TPSA) is 63.5 Å². The lowest BCUT2D eigenvalue weighted by Crippen LogP contribution is -2.55. The van der Waals surface area contributed by atoms with E-state index in [9.17, 15) is 18.0 Å². The predicted molar refractivity (Wildman–Crippen MR) is 120 cm³/mol. The molecule has 2 fully saturated rings. The molecule has 0 bridgehead atoms. The van der Waals surface area contributed by atoms with Crippen LogP contribution in [0.15, 0.2) is 42.9 Å². The summed E-state index contributed by atoms with van der Waals surface area (Å²) in [6, 6.07) is 6.58. The van der Waals surface area contributed by atoms with E-state index in [0.29, 0.717) is 31.7 Å². The fraction of sp³-hybridized carbons (Fsp3) is 0.364. The molecule has 0 unspecified atom stereocenters. The Bertz CT molecular complexity index is 1250. The van der Waals surface area contributed by atoms with Crippen LogP contribution in [0.5, 0.6) is 0 Å². The van der Waals surface area contributed by atoms with Crippen molar-refractivity contribution in [3.05, 3.63) is 48.4 Å². The van der Waals surface area contributed by atoms with Gasteiger partial charge in [-0.1, -0.05) is 0 Å². The smallest absolute Gasteiger partial charge is 0.383 e. The number of methoxy groups -OCH3 is 1. The lowest BCUT2D eigenvalue weighted by molar-refractivity contribution is -0.137. The molecule has 3 heterocycles. The molecular formula is C22H20F3N5O2S. The molecule has 1 aliphatic carbocycles. The van der Waals surface area contributed by atoms with Crippen molar-refractivity contribution in [3.63, 3.8) is 0 Å². The zero-order valence-corrected chi connectivity index (χ0v) is 18.5. The number of thiocarbonyl (C=S) groups is 1. The Kier molecular flexibility index (Phi) is 5.13. The van der Waals surface area contributed by atoms with Gasteiger partial charge in [0.25, 0.3) is 5.91 Å². The molecule has 33 heavy (non-hydrogen) atoms. The highest BCUT2D eigenvalue weighted by Gasteiger charge is 2.59. The average molecular weight is 475 g/mol. The molecular weight excluding hydrogens is 455 g/mol. The van der Waals surface area contributed by atoms with Crippen molar-refractivity contribution >= 4 is 45.5 Å². The third-order valence-electron chi connectivity index (χ3n) is 6.30. The third-order valence-corrected chi connectivity index (χ3v) is 6.66.